The second kappa shape index (κ2) is 13.3. The molecule has 0 spiro atoms. The van der Waals surface area contributed by atoms with Crippen molar-refractivity contribution in [3.8, 4) is 5.75 Å². The van der Waals surface area contributed by atoms with Crippen molar-refractivity contribution < 1.29 is 28.5 Å². The van der Waals surface area contributed by atoms with Gasteiger partial charge in [-0.3, -0.25) is 4.79 Å². The first-order valence-corrected chi connectivity index (χ1v) is 18.4. The molecule has 6 nitrogen and oxygen atoms in total. The number of fused-ring (bicyclic) bond motifs is 1. The van der Waals surface area contributed by atoms with Gasteiger partial charge in [0.05, 0.1) is 18.6 Å². The van der Waals surface area contributed by atoms with E-state index in [2.05, 4.69) is 70.3 Å². The van der Waals surface area contributed by atoms with Crippen molar-refractivity contribution in [3.63, 3.8) is 0 Å². The quantitative estimate of drug-likeness (QED) is 0.126. The third kappa shape index (κ3) is 7.76. The number of aliphatic hydroxyl groups is 1. The van der Waals surface area contributed by atoms with E-state index in [4.69, 9.17) is 18.6 Å². The van der Waals surface area contributed by atoms with E-state index in [1.165, 1.54) is 5.56 Å². The number of aliphatic hydroxyl groups excluding tert-OH is 1. The lowest BCUT2D eigenvalue weighted by Gasteiger charge is -2.38. The van der Waals surface area contributed by atoms with Crippen molar-refractivity contribution in [3.05, 3.63) is 102 Å². The van der Waals surface area contributed by atoms with Gasteiger partial charge in [-0.1, -0.05) is 99.7 Å². The minimum absolute atomic E-state index is 0.00264. The highest BCUT2D eigenvalue weighted by Gasteiger charge is 2.50. The van der Waals surface area contributed by atoms with Crippen molar-refractivity contribution >= 4 is 14.3 Å². The summed E-state index contributed by atoms with van der Waals surface area (Å²) in [4.78, 5) is 12.2. The molecular formula is C36H46O6Si. The summed E-state index contributed by atoms with van der Waals surface area (Å²) in [5, 5.41) is 11.2. The fourth-order valence-electron chi connectivity index (χ4n) is 5.95. The number of esters is 1. The summed E-state index contributed by atoms with van der Waals surface area (Å²) in [5.74, 6) is 0.817. The predicted molar refractivity (Wildman–Crippen MR) is 171 cm³/mol. The Morgan fingerprint density at radius 1 is 1.07 bits per heavy atom. The Labute approximate surface area is 257 Å². The summed E-state index contributed by atoms with van der Waals surface area (Å²) in [5.41, 5.74) is 2.02. The summed E-state index contributed by atoms with van der Waals surface area (Å²) in [6.45, 7) is 11.5. The monoisotopic (exact) mass is 602 g/mol. The summed E-state index contributed by atoms with van der Waals surface area (Å²) in [7, 11) is -2.11. The molecule has 1 aliphatic heterocycles. The minimum atomic E-state index is -2.11. The topological polar surface area (TPSA) is 74.2 Å². The molecule has 1 N–H and O–H groups in total. The lowest BCUT2D eigenvalue weighted by molar-refractivity contribution is -0.144. The van der Waals surface area contributed by atoms with E-state index in [-0.39, 0.29) is 47.1 Å². The maximum absolute atomic E-state index is 12.2. The van der Waals surface area contributed by atoms with Gasteiger partial charge in [-0.15, -0.1) is 0 Å². The van der Waals surface area contributed by atoms with Crippen LogP contribution in [0.1, 0.15) is 51.5 Å². The van der Waals surface area contributed by atoms with Crippen molar-refractivity contribution in [1.82, 2.24) is 0 Å². The molecule has 2 fully saturated rings. The van der Waals surface area contributed by atoms with E-state index in [0.717, 1.165) is 17.7 Å². The molecule has 0 aromatic heterocycles. The lowest BCUT2D eigenvalue weighted by atomic mass is 9.90. The van der Waals surface area contributed by atoms with Crippen LogP contribution in [-0.2, 0) is 18.7 Å². The van der Waals surface area contributed by atoms with Crippen molar-refractivity contribution in [1.29, 1.82) is 0 Å². The minimum Gasteiger partial charge on any atom is -0.491 e. The first kappa shape index (κ1) is 31.5. The highest BCUT2D eigenvalue weighted by Crippen LogP contribution is 2.45. The largest absolute Gasteiger partial charge is 0.491 e. The Morgan fingerprint density at radius 3 is 2.42 bits per heavy atom. The first-order chi connectivity index (χ1) is 20.5. The van der Waals surface area contributed by atoms with E-state index in [9.17, 15) is 9.90 Å². The molecule has 1 heterocycles. The van der Waals surface area contributed by atoms with Crippen LogP contribution in [0.2, 0.25) is 18.1 Å². The standard InChI is InChI=1S/C36H46O6Si/c1-36(2,3)43(4,5)42-29(24-39-28-14-10-7-11-15-28)20-21-30-31-22-34(37)40-33(31)23-32(30)41-35(38)27-18-16-26(17-19-27)25-12-8-6-9-13-25/h6-16,18-21,26,29-33,35,38H,17,22-24H2,1-5H3/b21-20+/t26?,29-,30-,31-,32-,33+,35?/m1/s1. The molecule has 3 aliphatic rings. The fraction of sp³-hybridized carbons (Fsp3) is 0.472. The highest BCUT2D eigenvalue weighted by atomic mass is 28.4. The molecule has 0 radical (unpaired) electrons. The van der Waals surface area contributed by atoms with Crippen LogP contribution in [0, 0.1) is 11.8 Å². The summed E-state index contributed by atoms with van der Waals surface area (Å²) < 4.78 is 24.9. The highest BCUT2D eigenvalue weighted by molar-refractivity contribution is 6.74. The van der Waals surface area contributed by atoms with E-state index in [1.807, 2.05) is 54.6 Å². The van der Waals surface area contributed by atoms with E-state index >= 15 is 0 Å². The Hall–Kier alpha value is -2.97. The SMILES string of the molecule is CC(C)(C)[Si](C)(C)O[C@H](/C=C/[C@@H]1[C@H]2CC(=O)O[C@H]2C[C@H]1OC(O)C1=CCC(c2ccccc2)C=C1)COc1ccccc1. The molecule has 7 atom stereocenters. The van der Waals surface area contributed by atoms with Crippen LogP contribution in [0.3, 0.4) is 0 Å². The van der Waals surface area contributed by atoms with Gasteiger partial charge in [0.25, 0.3) is 0 Å². The Bertz CT molecular complexity index is 1310. The van der Waals surface area contributed by atoms with Crippen LogP contribution in [0.15, 0.2) is 96.6 Å². The van der Waals surface area contributed by atoms with Crippen LogP contribution >= 0.6 is 0 Å². The average molecular weight is 603 g/mol. The molecule has 2 aromatic rings. The molecule has 2 aliphatic carbocycles. The van der Waals surface area contributed by atoms with Gasteiger partial charge in [0, 0.05) is 29.7 Å². The van der Waals surface area contributed by atoms with Crippen molar-refractivity contribution in [2.24, 2.45) is 11.8 Å². The number of hydrogen-bond donors (Lipinski definition) is 1. The first-order valence-electron chi connectivity index (χ1n) is 15.5. The zero-order valence-corrected chi connectivity index (χ0v) is 27.0. The van der Waals surface area contributed by atoms with E-state index in [0.29, 0.717) is 19.4 Å². The smallest absolute Gasteiger partial charge is 0.306 e. The predicted octanol–water partition coefficient (Wildman–Crippen LogP) is 7.34. The number of hydrogen-bond acceptors (Lipinski definition) is 6. The van der Waals surface area contributed by atoms with Crippen LogP contribution < -0.4 is 4.74 Å². The van der Waals surface area contributed by atoms with Gasteiger partial charge in [-0.2, -0.15) is 0 Å². The van der Waals surface area contributed by atoms with Crippen LogP contribution in [0.25, 0.3) is 0 Å². The van der Waals surface area contributed by atoms with Gasteiger partial charge in [0.15, 0.2) is 14.6 Å². The molecule has 5 rings (SSSR count). The van der Waals surface area contributed by atoms with Gasteiger partial charge in [-0.05, 0) is 42.2 Å². The molecular weight excluding hydrogens is 556 g/mol. The molecule has 7 heteroatoms. The Balaban J connectivity index is 1.30. The summed E-state index contributed by atoms with van der Waals surface area (Å²) in [6, 6.07) is 20.1. The summed E-state index contributed by atoms with van der Waals surface area (Å²) in [6.07, 6.45) is 10.2. The van der Waals surface area contributed by atoms with Crippen LogP contribution in [0.4, 0.5) is 0 Å². The van der Waals surface area contributed by atoms with E-state index in [1.54, 1.807) is 0 Å². The molecule has 1 saturated heterocycles. The Morgan fingerprint density at radius 2 is 1.77 bits per heavy atom. The lowest BCUT2D eigenvalue weighted by Crippen LogP contribution is -2.45. The molecule has 0 bridgehead atoms. The average Bonchev–Trinajstić information content (AvgIpc) is 3.50. The number of rotatable bonds is 11. The maximum Gasteiger partial charge on any atom is 0.306 e. The second-order valence-corrected chi connectivity index (χ2v) is 18.2. The van der Waals surface area contributed by atoms with Gasteiger partial charge < -0.3 is 23.7 Å². The number of carbonyl (C=O) groups excluding carboxylic acids is 1. The summed E-state index contributed by atoms with van der Waals surface area (Å²) >= 11 is 0. The molecule has 2 aromatic carbocycles. The zero-order chi connectivity index (χ0) is 30.6. The van der Waals surface area contributed by atoms with Gasteiger partial charge in [-0.25, -0.2) is 0 Å². The second-order valence-electron chi connectivity index (χ2n) is 13.5. The van der Waals surface area contributed by atoms with E-state index < -0.39 is 14.6 Å². The molecule has 230 valence electrons. The molecule has 1 saturated carbocycles. The molecule has 0 amide bonds. The van der Waals surface area contributed by atoms with Crippen LogP contribution in [-0.4, -0.2) is 50.6 Å². The van der Waals surface area contributed by atoms with Crippen LogP contribution in [0.5, 0.6) is 5.75 Å². The van der Waals surface area contributed by atoms with Gasteiger partial charge >= 0.3 is 5.97 Å². The number of allylic oxidation sites excluding steroid dienone is 2. The van der Waals surface area contributed by atoms with Gasteiger partial charge in [0.1, 0.15) is 18.5 Å². The van der Waals surface area contributed by atoms with Gasteiger partial charge in [0.2, 0.25) is 0 Å². The maximum atomic E-state index is 12.2. The molecule has 43 heavy (non-hydrogen) atoms. The number of carbonyl (C=O) groups is 1. The number of para-hydroxylation sites is 1. The third-order valence-electron chi connectivity index (χ3n) is 9.45. The normalized spacial score (nSPS) is 27.1. The fourth-order valence-corrected chi connectivity index (χ4v) is 7.21. The van der Waals surface area contributed by atoms with Crippen molar-refractivity contribution in [2.75, 3.05) is 6.61 Å². The zero-order valence-electron chi connectivity index (χ0n) is 26.0. The third-order valence-corrected chi connectivity index (χ3v) is 14.0. The molecule has 2 unspecified atom stereocenters. The van der Waals surface area contributed by atoms with Crippen molar-refractivity contribution in [2.45, 2.75) is 88.7 Å². The Kier molecular flexibility index (Phi) is 9.76. The number of ether oxygens (including phenoxy) is 3. The number of benzene rings is 2.